The first-order chi connectivity index (χ1) is 10.8. The number of hydrogen-bond donors (Lipinski definition) is 4. The molecule has 0 spiro atoms. The Balaban J connectivity index is 0.000000922. The summed E-state index contributed by atoms with van der Waals surface area (Å²) in [4.78, 5) is 2.19. The molecule has 0 aliphatic carbocycles. The average molecular weight is 383 g/mol. The van der Waals surface area contributed by atoms with Crippen LogP contribution in [0.1, 0.15) is 32.4 Å². The zero-order valence-corrected chi connectivity index (χ0v) is 15.7. The lowest BCUT2D eigenvalue weighted by Crippen LogP contribution is -2.27. The van der Waals surface area contributed by atoms with Crippen LogP contribution in [0.5, 0.6) is 0 Å². The Labute approximate surface area is 143 Å². The van der Waals surface area contributed by atoms with Crippen molar-refractivity contribution < 1.29 is 25.9 Å². The summed E-state index contributed by atoms with van der Waals surface area (Å²) < 4.78 is 56.7. The third kappa shape index (κ3) is 9.67. The van der Waals surface area contributed by atoms with Crippen molar-refractivity contribution in [1.82, 2.24) is 4.72 Å². The highest BCUT2D eigenvalue weighted by atomic mass is 32.3. The summed E-state index contributed by atoms with van der Waals surface area (Å²) in [5.74, 6) is 0. The van der Waals surface area contributed by atoms with Crippen molar-refractivity contribution in [3.63, 3.8) is 0 Å². The predicted molar refractivity (Wildman–Crippen MR) is 95.0 cm³/mol. The van der Waals surface area contributed by atoms with E-state index in [9.17, 15) is 8.42 Å². The fourth-order valence-corrected chi connectivity index (χ4v) is 2.88. The highest BCUT2D eigenvalue weighted by Crippen LogP contribution is 2.26. The SMILES string of the molecule is CCN(CC)c1ccc(N)c(C(C)NS(C)(=O)=O)c1.O=S(=O)(O)O. The molecule has 11 heteroatoms. The second-order valence-corrected chi connectivity index (χ2v) is 7.72. The third-order valence-electron chi connectivity index (χ3n) is 3.06. The Bertz CT molecular complexity index is 722. The Morgan fingerprint density at radius 1 is 1.17 bits per heavy atom. The molecular formula is C13H25N3O6S2. The van der Waals surface area contributed by atoms with Gasteiger partial charge in [-0.05, 0) is 44.5 Å². The van der Waals surface area contributed by atoms with E-state index in [1.165, 1.54) is 0 Å². The molecule has 0 radical (unpaired) electrons. The highest BCUT2D eigenvalue weighted by molar-refractivity contribution is 7.88. The smallest absolute Gasteiger partial charge is 0.394 e. The number of rotatable bonds is 6. The van der Waals surface area contributed by atoms with Crippen molar-refractivity contribution in [2.24, 2.45) is 0 Å². The number of anilines is 2. The van der Waals surface area contributed by atoms with E-state index in [0.29, 0.717) is 5.69 Å². The van der Waals surface area contributed by atoms with Crippen LogP contribution in [0.25, 0.3) is 0 Å². The van der Waals surface area contributed by atoms with Gasteiger partial charge in [0.2, 0.25) is 10.0 Å². The zero-order chi connectivity index (χ0) is 19.1. The molecule has 0 fully saturated rings. The Kier molecular flexibility index (Phi) is 8.64. The molecule has 0 aliphatic heterocycles. The minimum Gasteiger partial charge on any atom is -0.398 e. The van der Waals surface area contributed by atoms with Crippen LogP contribution in [-0.2, 0) is 20.4 Å². The van der Waals surface area contributed by atoms with Crippen LogP contribution >= 0.6 is 0 Å². The largest absolute Gasteiger partial charge is 0.398 e. The van der Waals surface area contributed by atoms with Crippen LogP contribution in [0.3, 0.4) is 0 Å². The van der Waals surface area contributed by atoms with Gasteiger partial charge in [0, 0.05) is 30.5 Å². The molecule has 1 atom stereocenters. The number of nitrogens with one attached hydrogen (secondary N) is 1. The summed E-state index contributed by atoms with van der Waals surface area (Å²) in [5, 5.41) is 0. The average Bonchev–Trinajstić information content (AvgIpc) is 2.37. The molecular weight excluding hydrogens is 358 g/mol. The van der Waals surface area contributed by atoms with Crippen LogP contribution in [0.2, 0.25) is 0 Å². The lowest BCUT2D eigenvalue weighted by atomic mass is 10.1. The van der Waals surface area contributed by atoms with Crippen molar-refractivity contribution in [2.75, 3.05) is 30.0 Å². The van der Waals surface area contributed by atoms with Gasteiger partial charge in [-0.3, -0.25) is 9.11 Å². The summed E-state index contributed by atoms with van der Waals surface area (Å²) in [6.07, 6.45) is 1.15. The lowest BCUT2D eigenvalue weighted by Gasteiger charge is -2.23. The number of nitrogens with two attached hydrogens (primary N) is 1. The molecule has 1 aromatic carbocycles. The Hall–Kier alpha value is -1.40. The zero-order valence-electron chi connectivity index (χ0n) is 14.1. The first kappa shape index (κ1) is 22.6. The molecule has 0 bridgehead atoms. The first-order valence-corrected chi connectivity index (χ1v) is 10.4. The van der Waals surface area contributed by atoms with Crippen LogP contribution in [-0.4, -0.2) is 45.3 Å². The third-order valence-corrected chi connectivity index (χ3v) is 3.84. The van der Waals surface area contributed by atoms with Crippen LogP contribution in [0.4, 0.5) is 11.4 Å². The molecule has 24 heavy (non-hydrogen) atoms. The molecule has 0 amide bonds. The van der Waals surface area contributed by atoms with Crippen molar-refractivity contribution in [2.45, 2.75) is 26.8 Å². The van der Waals surface area contributed by atoms with Gasteiger partial charge in [-0.15, -0.1) is 0 Å². The molecule has 1 unspecified atom stereocenters. The Morgan fingerprint density at radius 2 is 1.62 bits per heavy atom. The van der Waals surface area contributed by atoms with Gasteiger partial charge in [0.1, 0.15) is 0 Å². The van der Waals surface area contributed by atoms with Gasteiger partial charge in [0.05, 0.1) is 6.26 Å². The maximum absolute atomic E-state index is 11.3. The second-order valence-electron chi connectivity index (χ2n) is 5.05. The molecule has 9 nitrogen and oxygen atoms in total. The van der Waals surface area contributed by atoms with Crippen LogP contribution in [0, 0.1) is 0 Å². The molecule has 0 aliphatic rings. The first-order valence-electron chi connectivity index (χ1n) is 7.10. The molecule has 140 valence electrons. The molecule has 0 heterocycles. The van der Waals surface area contributed by atoms with E-state index in [0.717, 1.165) is 30.6 Å². The van der Waals surface area contributed by atoms with Gasteiger partial charge < -0.3 is 10.6 Å². The fraction of sp³-hybridized carbons (Fsp3) is 0.538. The number of nitrogens with zero attached hydrogens (tertiary/aromatic N) is 1. The maximum atomic E-state index is 11.3. The minimum absolute atomic E-state index is 0.342. The molecule has 1 aromatic rings. The quantitative estimate of drug-likeness (QED) is 0.421. The Morgan fingerprint density at radius 3 is 2.00 bits per heavy atom. The summed E-state index contributed by atoms with van der Waals surface area (Å²) in [7, 11) is -7.92. The number of hydrogen-bond acceptors (Lipinski definition) is 6. The van der Waals surface area contributed by atoms with E-state index < -0.39 is 20.4 Å². The minimum atomic E-state index is -4.67. The topological polar surface area (TPSA) is 150 Å². The van der Waals surface area contributed by atoms with E-state index >= 15 is 0 Å². The second kappa shape index (κ2) is 9.18. The molecule has 5 N–H and O–H groups in total. The van der Waals surface area contributed by atoms with E-state index in [4.69, 9.17) is 23.3 Å². The van der Waals surface area contributed by atoms with Crippen molar-refractivity contribution in [1.29, 1.82) is 0 Å². The van der Waals surface area contributed by atoms with Crippen LogP contribution in [0.15, 0.2) is 18.2 Å². The lowest BCUT2D eigenvalue weighted by molar-refractivity contribution is 0.381. The van der Waals surface area contributed by atoms with Gasteiger partial charge in [0.15, 0.2) is 0 Å². The normalized spacial score (nSPS) is 12.9. The monoisotopic (exact) mass is 383 g/mol. The number of sulfonamides is 1. The predicted octanol–water partition coefficient (Wildman–Crippen LogP) is 1.07. The van der Waals surface area contributed by atoms with Gasteiger partial charge in [-0.25, -0.2) is 13.1 Å². The summed E-state index contributed by atoms with van der Waals surface area (Å²) in [6.45, 7) is 7.75. The summed E-state index contributed by atoms with van der Waals surface area (Å²) >= 11 is 0. The van der Waals surface area contributed by atoms with Gasteiger partial charge in [0.25, 0.3) is 0 Å². The van der Waals surface area contributed by atoms with Crippen molar-refractivity contribution >= 4 is 31.8 Å². The van der Waals surface area contributed by atoms with Crippen LogP contribution < -0.4 is 15.4 Å². The summed E-state index contributed by atoms with van der Waals surface area (Å²) in [5.41, 5.74) is 8.39. The molecule has 0 saturated heterocycles. The fourth-order valence-electron chi connectivity index (χ4n) is 2.11. The van der Waals surface area contributed by atoms with Crippen molar-refractivity contribution in [3.05, 3.63) is 23.8 Å². The van der Waals surface area contributed by atoms with Gasteiger partial charge >= 0.3 is 10.4 Å². The highest BCUT2D eigenvalue weighted by Gasteiger charge is 2.15. The number of nitrogen functional groups attached to an aromatic ring is 1. The van der Waals surface area contributed by atoms with Gasteiger partial charge in [-0.1, -0.05) is 0 Å². The summed E-state index contributed by atoms with van der Waals surface area (Å²) in [6, 6.07) is 5.39. The van der Waals surface area contributed by atoms with E-state index in [1.807, 2.05) is 18.2 Å². The molecule has 0 aromatic heterocycles. The van der Waals surface area contributed by atoms with Crippen molar-refractivity contribution in [3.8, 4) is 0 Å². The van der Waals surface area contributed by atoms with Gasteiger partial charge in [-0.2, -0.15) is 8.42 Å². The van der Waals surface area contributed by atoms with E-state index in [1.54, 1.807) is 6.92 Å². The van der Waals surface area contributed by atoms with E-state index in [2.05, 4.69) is 23.5 Å². The van der Waals surface area contributed by atoms with E-state index in [-0.39, 0.29) is 6.04 Å². The molecule has 0 saturated carbocycles. The number of benzene rings is 1. The maximum Gasteiger partial charge on any atom is 0.394 e. The molecule has 1 rings (SSSR count). The standard InChI is InChI=1S/C13H23N3O2S.H2O4S/c1-5-16(6-2)11-7-8-13(14)12(9-11)10(3)15-19(4,17)18;1-5(2,3)4/h7-10,15H,5-6,14H2,1-4H3;(H2,1,2,3,4).